The van der Waals surface area contributed by atoms with Gasteiger partial charge in [0.2, 0.25) is 10.0 Å². The Kier molecular flexibility index (Phi) is 5.69. The van der Waals surface area contributed by atoms with Gasteiger partial charge in [-0.25, -0.2) is 8.42 Å². The Bertz CT molecular complexity index is 836. The minimum absolute atomic E-state index is 0.127. The third kappa shape index (κ3) is 5.14. The van der Waals surface area contributed by atoms with Gasteiger partial charge in [0.25, 0.3) is 5.91 Å². The minimum atomic E-state index is -3.52. The molecular formula is C16H17ClN2O4S. The van der Waals surface area contributed by atoms with Crippen LogP contribution in [0.1, 0.15) is 17.3 Å². The Morgan fingerprint density at radius 2 is 1.83 bits per heavy atom. The SMILES string of the molecule is CCOc1ccc(NC(=O)c2cc(Cl)ccc2NS(C)(=O)=O)cc1. The normalized spacial score (nSPS) is 11.0. The summed E-state index contributed by atoms with van der Waals surface area (Å²) in [6.45, 7) is 2.43. The monoisotopic (exact) mass is 368 g/mol. The number of halogens is 1. The number of carbonyl (C=O) groups excluding carboxylic acids is 1. The number of benzene rings is 2. The fourth-order valence-electron chi connectivity index (χ4n) is 1.99. The molecule has 0 unspecified atom stereocenters. The molecule has 0 atom stereocenters. The maximum absolute atomic E-state index is 12.4. The predicted molar refractivity (Wildman–Crippen MR) is 95.5 cm³/mol. The molecule has 0 aliphatic carbocycles. The van der Waals surface area contributed by atoms with Gasteiger partial charge in [0.1, 0.15) is 5.75 Å². The van der Waals surface area contributed by atoms with E-state index in [-0.39, 0.29) is 11.3 Å². The van der Waals surface area contributed by atoms with E-state index in [2.05, 4.69) is 10.0 Å². The van der Waals surface area contributed by atoms with Crippen molar-refractivity contribution in [1.29, 1.82) is 0 Å². The summed E-state index contributed by atoms with van der Waals surface area (Å²) in [6.07, 6.45) is 1.01. The van der Waals surface area contributed by atoms with Gasteiger partial charge in [-0.05, 0) is 49.4 Å². The zero-order valence-corrected chi connectivity index (χ0v) is 14.7. The molecular weight excluding hydrogens is 352 g/mol. The summed E-state index contributed by atoms with van der Waals surface area (Å²) < 4.78 is 30.5. The van der Waals surface area contributed by atoms with Crippen LogP contribution >= 0.6 is 11.6 Å². The van der Waals surface area contributed by atoms with Crippen molar-refractivity contribution in [3.63, 3.8) is 0 Å². The molecule has 1 amide bonds. The summed E-state index contributed by atoms with van der Waals surface area (Å²) in [5.74, 6) is 0.213. The number of ether oxygens (including phenoxy) is 1. The summed E-state index contributed by atoms with van der Waals surface area (Å²) in [6, 6.07) is 11.2. The summed E-state index contributed by atoms with van der Waals surface area (Å²) in [7, 11) is -3.52. The highest BCUT2D eigenvalue weighted by Crippen LogP contribution is 2.23. The van der Waals surface area contributed by atoms with Gasteiger partial charge in [0.15, 0.2) is 0 Å². The minimum Gasteiger partial charge on any atom is -0.494 e. The van der Waals surface area contributed by atoms with E-state index in [0.717, 1.165) is 6.26 Å². The van der Waals surface area contributed by atoms with E-state index in [1.807, 2.05) is 6.92 Å². The molecule has 0 spiro atoms. The van der Waals surface area contributed by atoms with Gasteiger partial charge in [0, 0.05) is 10.7 Å². The lowest BCUT2D eigenvalue weighted by Crippen LogP contribution is -2.17. The molecule has 0 aromatic heterocycles. The molecule has 2 rings (SSSR count). The molecule has 2 N–H and O–H groups in total. The maximum atomic E-state index is 12.4. The average molecular weight is 369 g/mol. The van der Waals surface area contributed by atoms with Crippen molar-refractivity contribution < 1.29 is 17.9 Å². The van der Waals surface area contributed by atoms with Crippen molar-refractivity contribution in [2.75, 3.05) is 22.9 Å². The Morgan fingerprint density at radius 1 is 1.17 bits per heavy atom. The second-order valence-electron chi connectivity index (χ2n) is 4.98. The van der Waals surface area contributed by atoms with Gasteiger partial charge < -0.3 is 10.1 Å². The van der Waals surface area contributed by atoms with Crippen molar-refractivity contribution in [3.8, 4) is 5.75 Å². The quantitative estimate of drug-likeness (QED) is 0.818. The molecule has 2 aromatic carbocycles. The Hall–Kier alpha value is -2.25. The number of hydrogen-bond donors (Lipinski definition) is 2. The molecule has 0 heterocycles. The van der Waals surface area contributed by atoms with E-state index in [9.17, 15) is 13.2 Å². The molecule has 0 aliphatic rings. The number of nitrogens with one attached hydrogen (secondary N) is 2. The molecule has 0 saturated heterocycles. The molecule has 0 saturated carbocycles. The lowest BCUT2D eigenvalue weighted by Gasteiger charge is -2.12. The fourth-order valence-corrected chi connectivity index (χ4v) is 2.74. The van der Waals surface area contributed by atoms with Crippen LogP contribution in [-0.4, -0.2) is 27.2 Å². The van der Waals surface area contributed by atoms with Crippen LogP contribution in [0.15, 0.2) is 42.5 Å². The third-order valence-electron chi connectivity index (χ3n) is 2.94. The number of rotatable bonds is 6. The van der Waals surface area contributed by atoms with E-state index >= 15 is 0 Å². The fraction of sp³-hybridized carbons (Fsp3) is 0.188. The third-order valence-corrected chi connectivity index (χ3v) is 3.77. The molecule has 128 valence electrons. The number of sulfonamides is 1. The summed E-state index contributed by atoms with van der Waals surface area (Å²) >= 11 is 5.92. The van der Waals surface area contributed by atoms with Gasteiger partial charge in [-0.2, -0.15) is 0 Å². The van der Waals surface area contributed by atoms with Crippen molar-refractivity contribution >= 4 is 38.9 Å². The average Bonchev–Trinajstić information content (AvgIpc) is 2.50. The van der Waals surface area contributed by atoms with Crippen LogP contribution in [0.4, 0.5) is 11.4 Å². The van der Waals surface area contributed by atoms with Gasteiger partial charge in [-0.3, -0.25) is 9.52 Å². The number of hydrogen-bond acceptors (Lipinski definition) is 4. The maximum Gasteiger partial charge on any atom is 0.257 e. The molecule has 2 aromatic rings. The zero-order chi connectivity index (χ0) is 17.7. The number of carbonyl (C=O) groups is 1. The first-order valence-electron chi connectivity index (χ1n) is 7.10. The van der Waals surface area contributed by atoms with Gasteiger partial charge >= 0.3 is 0 Å². The first-order valence-corrected chi connectivity index (χ1v) is 9.37. The summed E-state index contributed by atoms with van der Waals surface area (Å²) in [5.41, 5.74) is 0.834. The Balaban J connectivity index is 2.24. The van der Waals surface area contributed by atoms with Crippen LogP contribution in [0.2, 0.25) is 5.02 Å². The summed E-state index contributed by atoms with van der Waals surface area (Å²) in [4.78, 5) is 12.4. The molecule has 8 heteroatoms. The highest BCUT2D eigenvalue weighted by atomic mass is 35.5. The summed E-state index contributed by atoms with van der Waals surface area (Å²) in [5, 5.41) is 3.02. The standard InChI is InChI=1S/C16H17ClN2O4S/c1-3-23-13-7-5-12(6-8-13)18-16(20)14-10-11(17)4-9-15(14)19-24(2,21)22/h4-10,19H,3H2,1-2H3,(H,18,20). The van der Waals surface area contributed by atoms with Crippen LogP contribution in [0, 0.1) is 0 Å². The lowest BCUT2D eigenvalue weighted by atomic mass is 10.1. The number of anilines is 2. The molecule has 0 fully saturated rings. The largest absolute Gasteiger partial charge is 0.494 e. The van der Waals surface area contributed by atoms with Crippen molar-refractivity contribution in [1.82, 2.24) is 0 Å². The lowest BCUT2D eigenvalue weighted by molar-refractivity contribution is 0.102. The molecule has 6 nitrogen and oxygen atoms in total. The second kappa shape index (κ2) is 7.55. The topological polar surface area (TPSA) is 84.5 Å². The van der Waals surface area contributed by atoms with Crippen molar-refractivity contribution in [3.05, 3.63) is 53.1 Å². The van der Waals surface area contributed by atoms with Crippen LogP contribution < -0.4 is 14.8 Å². The Morgan fingerprint density at radius 3 is 2.42 bits per heavy atom. The molecule has 0 radical (unpaired) electrons. The Labute approximate surface area is 145 Å². The van der Waals surface area contributed by atoms with Crippen LogP contribution in [0.25, 0.3) is 0 Å². The van der Waals surface area contributed by atoms with E-state index in [0.29, 0.717) is 23.1 Å². The highest BCUT2D eigenvalue weighted by molar-refractivity contribution is 7.92. The second-order valence-corrected chi connectivity index (χ2v) is 7.16. The van der Waals surface area contributed by atoms with Gasteiger partial charge in [0.05, 0.1) is 24.1 Å². The van der Waals surface area contributed by atoms with Gasteiger partial charge in [-0.15, -0.1) is 0 Å². The van der Waals surface area contributed by atoms with Gasteiger partial charge in [-0.1, -0.05) is 11.6 Å². The van der Waals surface area contributed by atoms with E-state index < -0.39 is 15.9 Å². The van der Waals surface area contributed by atoms with Crippen LogP contribution in [-0.2, 0) is 10.0 Å². The van der Waals surface area contributed by atoms with Crippen LogP contribution in [0.3, 0.4) is 0 Å². The molecule has 0 bridgehead atoms. The predicted octanol–water partition coefficient (Wildman–Crippen LogP) is 3.36. The number of amides is 1. The smallest absolute Gasteiger partial charge is 0.257 e. The van der Waals surface area contributed by atoms with E-state index in [4.69, 9.17) is 16.3 Å². The van der Waals surface area contributed by atoms with Crippen molar-refractivity contribution in [2.45, 2.75) is 6.92 Å². The van der Waals surface area contributed by atoms with Crippen LogP contribution in [0.5, 0.6) is 5.75 Å². The van der Waals surface area contributed by atoms with Crippen molar-refractivity contribution in [2.24, 2.45) is 0 Å². The molecule has 0 aliphatic heterocycles. The van der Waals surface area contributed by atoms with E-state index in [1.165, 1.54) is 18.2 Å². The van der Waals surface area contributed by atoms with E-state index in [1.54, 1.807) is 24.3 Å². The first-order chi connectivity index (χ1) is 11.3. The zero-order valence-electron chi connectivity index (χ0n) is 13.2. The molecule has 24 heavy (non-hydrogen) atoms. The first kappa shape index (κ1) is 18.1. The highest BCUT2D eigenvalue weighted by Gasteiger charge is 2.15.